The summed E-state index contributed by atoms with van der Waals surface area (Å²) >= 11 is 0. The summed E-state index contributed by atoms with van der Waals surface area (Å²) in [6.45, 7) is 6.97. The van der Waals surface area contributed by atoms with Gasteiger partial charge in [-0.15, -0.1) is 0 Å². The van der Waals surface area contributed by atoms with E-state index in [1.807, 2.05) is 32.9 Å². The van der Waals surface area contributed by atoms with Crippen LogP contribution in [0.2, 0.25) is 0 Å². The van der Waals surface area contributed by atoms with Crippen LogP contribution in [0.4, 0.5) is 0 Å². The van der Waals surface area contributed by atoms with Gasteiger partial charge in [-0.3, -0.25) is 9.59 Å². The molecule has 1 N–H and O–H groups in total. The fourth-order valence-corrected chi connectivity index (χ4v) is 3.54. The summed E-state index contributed by atoms with van der Waals surface area (Å²) < 4.78 is 5.67. The molecule has 2 atom stereocenters. The molecule has 0 radical (unpaired) electrons. The molecule has 5 nitrogen and oxygen atoms in total. The number of hydrogen-bond acceptors (Lipinski definition) is 3. The number of carboxylic acid groups (broad SMARTS) is 1. The Morgan fingerprint density at radius 3 is 2.75 bits per heavy atom. The number of nitrogens with zero attached hydrogens (tertiary/aromatic N) is 1. The largest absolute Gasteiger partial charge is 0.481 e. The Kier molecular flexibility index (Phi) is 4.35. The zero-order valence-corrected chi connectivity index (χ0v) is 14.3. The summed E-state index contributed by atoms with van der Waals surface area (Å²) in [7, 11) is 0. The van der Waals surface area contributed by atoms with Crippen molar-refractivity contribution in [1.82, 2.24) is 4.90 Å². The Morgan fingerprint density at radius 1 is 1.33 bits per heavy atom. The molecule has 1 amide bonds. The number of aliphatic carboxylic acids is 1. The number of fused-ring (bicyclic) bond motifs is 1. The molecule has 1 fully saturated rings. The highest BCUT2D eigenvalue weighted by Crippen LogP contribution is 2.28. The molecule has 2 heterocycles. The van der Waals surface area contributed by atoms with E-state index in [4.69, 9.17) is 4.42 Å². The number of aryl methyl sites for hydroxylation is 2. The van der Waals surface area contributed by atoms with Crippen LogP contribution in [0.5, 0.6) is 0 Å². The van der Waals surface area contributed by atoms with Gasteiger partial charge in [-0.1, -0.05) is 19.1 Å². The molecule has 1 aliphatic rings. The van der Waals surface area contributed by atoms with E-state index in [0.717, 1.165) is 22.1 Å². The molecule has 3 rings (SSSR count). The fourth-order valence-electron chi connectivity index (χ4n) is 3.54. The molecule has 0 spiro atoms. The Morgan fingerprint density at radius 2 is 2.08 bits per heavy atom. The van der Waals surface area contributed by atoms with Crippen LogP contribution in [0, 0.1) is 25.7 Å². The Balaban J connectivity index is 1.74. The highest BCUT2D eigenvalue weighted by molar-refractivity contribution is 5.89. The number of benzene rings is 1. The van der Waals surface area contributed by atoms with E-state index in [2.05, 4.69) is 0 Å². The standard InChI is InChI=1S/C19H23NO4/c1-11-4-5-16-14(10-24-18(16)13(11)3)8-17(21)20-7-6-15(19(22)23)12(2)9-20/h4-5,10,12,15H,6-9H2,1-3H3,(H,22,23). The number of likely N-dealkylation sites (tertiary alicyclic amines) is 1. The number of rotatable bonds is 3. The number of piperidine rings is 1. The van der Waals surface area contributed by atoms with Crippen LogP contribution in [0.25, 0.3) is 11.0 Å². The first kappa shape index (κ1) is 16.6. The Labute approximate surface area is 141 Å². The van der Waals surface area contributed by atoms with E-state index in [1.54, 1.807) is 11.2 Å². The van der Waals surface area contributed by atoms with Crippen LogP contribution in [0.15, 0.2) is 22.8 Å². The predicted molar refractivity (Wildman–Crippen MR) is 90.9 cm³/mol. The smallest absolute Gasteiger partial charge is 0.306 e. The number of carboxylic acids is 1. The van der Waals surface area contributed by atoms with Gasteiger partial charge in [-0.05, 0) is 37.3 Å². The van der Waals surface area contributed by atoms with Gasteiger partial charge in [0, 0.05) is 24.0 Å². The van der Waals surface area contributed by atoms with Crippen molar-refractivity contribution in [3.8, 4) is 0 Å². The van der Waals surface area contributed by atoms with Gasteiger partial charge in [0.25, 0.3) is 0 Å². The number of carbonyl (C=O) groups is 2. The summed E-state index contributed by atoms with van der Waals surface area (Å²) in [5.41, 5.74) is 4.00. The Bertz CT molecular complexity index is 792. The third-order valence-electron chi connectivity index (χ3n) is 5.26. The molecule has 1 aromatic carbocycles. The number of hydrogen-bond donors (Lipinski definition) is 1. The molecule has 0 saturated carbocycles. The van der Waals surface area contributed by atoms with Gasteiger partial charge in [0.05, 0.1) is 18.6 Å². The lowest BCUT2D eigenvalue weighted by Crippen LogP contribution is -2.45. The van der Waals surface area contributed by atoms with E-state index in [-0.39, 0.29) is 17.7 Å². The summed E-state index contributed by atoms with van der Waals surface area (Å²) in [6.07, 6.45) is 2.48. The Hall–Kier alpha value is -2.30. The minimum absolute atomic E-state index is 0.0220. The molecule has 1 aromatic heterocycles. The van der Waals surface area contributed by atoms with Crippen molar-refractivity contribution < 1.29 is 19.1 Å². The average molecular weight is 329 g/mol. The van der Waals surface area contributed by atoms with Crippen LogP contribution in [0.1, 0.15) is 30.0 Å². The van der Waals surface area contributed by atoms with Crippen molar-refractivity contribution in [3.05, 3.63) is 35.1 Å². The molecule has 0 aliphatic carbocycles. The minimum atomic E-state index is -0.763. The third kappa shape index (κ3) is 2.90. The lowest BCUT2D eigenvalue weighted by molar-refractivity contribution is -0.148. The van der Waals surface area contributed by atoms with Crippen molar-refractivity contribution in [2.45, 2.75) is 33.6 Å². The van der Waals surface area contributed by atoms with Crippen molar-refractivity contribution in [2.75, 3.05) is 13.1 Å². The second-order valence-electron chi connectivity index (χ2n) is 6.87. The average Bonchev–Trinajstić information content (AvgIpc) is 2.94. The topological polar surface area (TPSA) is 70.8 Å². The van der Waals surface area contributed by atoms with Gasteiger partial charge >= 0.3 is 5.97 Å². The van der Waals surface area contributed by atoms with Crippen molar-refractivity contribution >= 4 is 22.8 Å². The zero-order valence-electron chi connectivity index (χ0n) is 14.3. The van der Waals surface area contributed by atoms with Crippen LogP contribution < -0.4 is 0 Å². The normalized spacial score (nSPS) is 21.2. The molecular weight excluding hydrogens is 306 g/mol. The maximum absolute atomic E-state index is 12.6. The van der Waals surface area contributed by atoms with Crippen molar-refractivity contribution in [1.29, 1.82) is 0 Å². The van der Waals surface area contributed by atoms with Crippen LogP contribution in [0.3, 0.4) is 0 Å². The molecule has 24 heavy (non-hydrogen) atoms. The van der Waals surface area contributed by atoms with Crippen LogP contribution in [-0.4, -0.2) is 35.0 Å². The summed E-state index contributed by atoms with van der Waals surface area (Å²) in [5, 5.41) is 10.2. The van der Waals surface area contributed by atoms with Gasteiger partial charge < -0.3 is 14.4 Å². The lowest BCUT2D eigenvalue weighted by Gasteiger charge is -2.35. The van der Waals surface area contributed by atoms with Gasteiger partial charge in [-0.25, -0.2) is 0 Å². The summed E-state index contributed by atoms with van der Waals surface area (Å²) in [5.74, 6) is -1.10. The van der Waals surface area contributed by atoms with E-state index in [9.17, 15) is 14.7 Å². The number of amides is 1. The highest BCUT2D eigenvalue weighted by Gasteiger charge is 2.33. The van der Waals surface area contributed by atoms with Gasteiger partial charge in [0.1, 0.15) is 5.58 Å². The zero-order chi connectivity index (χ0) is 17.4. The van der Waals surface area contributed by atoms with E-state index >= 15 is 0 Å². The van der Waals surface area contributed by atoms with Crippen molar-refractivity contribution in [3.63, 3.8) is 0 Å². The summed E-state index contributed by atoms with van der Waals surface area (Å²) in [6, 6.07) is 4.05. The van der Waals surface area contributed by atoms with Gasteiger partial charge in [-0.2, -0.15) is 0 Å². The number of carbonyl (C=O) groups excluding carboxylic acids is 1. The van der Waals surface area contributed by atoms with E-state index in [1.165, 1.54) is 5.56 Å². The predicted octanol–water partition coefficient (Wildman–Crippen LogP) is 3.16. The van der Waals surface area contributed by atoms with Crippen molar-refractivity contribution in [2.24, 2.45) is 11.8 Å². The lowest BCUT2D eigenvalue weighted by atomic mass is 9.87. The monoisotopic (exact) mass is 329 g/mol. The first-order valence-electron chi connectivity index (χ1n) is 8.35. The third-order valence-corrected chi connectivity index (χ3v) is 5.26. The maximum Gasteiger partial charge on any atom is 0.306 e. The maximum atomic E-state index is 12.6. The van der Waals surface area contributed by atoms with Crippen LogP contribution in [-0.2, 0) is 16.0 Å². The van der Waals surface area contributed by atoms with Crippen LogP contribution >= 0.6 is 0 Å². The fraction of sp³-hybridized carbons (Fsp3) is 0.474. The molecule has 1 aliphatic heterocycles. The summed E-state index contributed by atoms with van der Waals surface area (Å²) in [4.78, 5) is 25.6. The van der Waals surface area contributed by atoms with E-state index < -0.39 is 5.97 Å². The SMILES string of the molecule is Cc1ccc2c(CC(=O)N3CCC(C(=O)O)C(C)C3)coc2c1C. The molecule has 0 bridgehead atoms. The minimum Gasteiger partial charge on any atom is -0.481 e. The van der Waals surface area contributed by atoms with Gasteiger partial charge in [0.15, 0.2) is 0 Å². The first-order chi connectivity index (χ1) is 11.4. The molecule has 2 aromatic rings. The van der Waals surface area contributed by atoms with E-state index in [0.29, 0.717) is 25.9 Å². The highest BCUT2D eigenvalue weighted by atomic mass is 16.4. The van der Waals surface area contributed by atoms with Gasteiger partial charge in [0.2, 0.25) is 5.91 Å². The molecular formula is C19H23NO4. The molecule has 1 saturated heterocycles. The number of furan rings is 1. The molecule has 128 valence electrons. The quantitative estimate of drug-likeness (QED) is 0.939. The second-order valence-corrected chi connectivity index (χ2v) is 6.87. The second kappa shape index (κ2) is 6.30. The molecule has 5 heteroatoms. The first-order valence-corrected chi connectivity index (χ1v) is 8.35. The molecule has 2 unspecified atom stereocenters.